The molecule has 0 aromatic carbocycles. The van der Waals surface area contributed by atoms with E-state index in [-0.39, 0.29) is 54.8 Å². The van der Waals surface area contributed by atoms with Crippen LogP contribution in [0.5, 0.6) is 0 Å². The van der Waals surface area contributed by atoms with Gasteiger partial charge in [0.1, 0.15) is 10.7 Å². The van der Waals surface area contributed by atoms with E-state index < -0.39 is 23.8 Å². The van der Waals surface area contributed by atoms with Crippen molar-refractivity contribution in [2.75, 3.05) is 0 Å². The van der Waals surface area contributed by atoms with E-state index in [0.717, 1.165) is 17.2 Å². The average Bonchev–Trinajstić information content (AvgIpc) is 2.65. The van der Waals surface area contributed by atoms with E-state index in [2.05, 4.69) is 17.2 Å². The van der Waals surface area contributed by atoms with Gasteiger partial charge in [-0.3, -0.25) is 9.55 Å². The summed E-state index contributed by atoms with van der Waals surface area (Å²) in [5, 5.41) is 9.78. The van der Waals surface area contributed by atoms with Gasteiger partial charge in [0, 0.05) is 50.5 Å². The van der Waals surface area contributed by atoms with Gasteiger partial charge in [0.25, 0.3) is 0 Å². The van der Waals surface area contributed by atoms with Crippen molar-refractivity contribution in [3.63, 3.8) is 0 Å². The predicted octanol–water partition coefficient (Wildman–Crippen LogP) is 1.10. The van der Waals surface area contributed by atoms with Crippen LogP contribution in [-0.4, -0.2) is 26.9 Å². The number of aliphatic hydroxyl groups excluding tert-OH is 1. The fourth-order valence-corrected chi connectivity index (χ4v) is 2.03. The van der Waals surface area contributed by atoms with Crippen molar-refractivity contribution in [3.05, 3.63) is 27.1 Å². The molecule has 1 fully saturated rings. The van der Waals surface area contributed by atoms with E-state index in [1.54, 1.807) is 0 Å². The molecule has 1 aromatic heterocycles. The van der Waals surface area contributed by atoms with Gasteiger partial charge in [-0.15, -0.1) is 0 Å². The molecule has 1 unspecified atom stereocenters. The third kappa shape index (κ3) is 3.28. The van der Waals surface area contributed by atoms with E-state index in [9.17, 15) is 14.3 Å². The number of nitrogens with zero attached hydrogens (tertiary/aromatic N) is 1. The van der Waals surface area contributed by atoms with Gasteiger partial charge in [-0.25, -0.2) is 9.18 Å². The van der Waals surface area contributed by atoms with E-state index in [1.165, 1.54) is 0 Å². The molecule has 0 amide bonds. The van der Waals surface area contributed by atoms with Crippen LogP contribution < -0.4 is 5.69 Å². The summed E-state index contributed by atoms with van der Waals surface area (Å²) in [4.78, 5) is 13.8. The Hall–Kier alpha value is 0.392. The van der Waals surface area contributed by atoms with Crippen LogP contribution in [0.2, 0.25) is 0 Å². The molecule has 0 bridgehead atoms. The second-order valence-electron chi connectivity index (χ2n) is 4.00. The van der Waals surface area contributed by atoms with Crippen molar-refractivity contribution in [1.29, 1.82) is 0 Å². The number of hydrogen-bond donors (Lipinski definition) is 2. The van der Waals surface area contributed by atoms with E-state index >= 15 is 0 Å². The van der Waals surface area contributed by atoms with Crippen molar-refractivity contribution in [1.82, 2.24) is 9.55 Å². The molecule has 1 saturated heterocycles. The Morgan fingerprint density at radius 2 is 2.39 bits per heavy atom. The second kappa shape index (κ2) is 6.71. The van der Waals surface area contributed by atoms with Crippen molar-refractivity contribution in [2.45, 2.75) is 38.2 Å². The number of H-pyrrole nitrogens is 1. The van der Waals surface area contributed by atoms with E-state index in [4.69, 9.17) is 4.74 Å². The van der Waals surface area contributed by atoms with Crippen molar-refractivity contribution >= 4 is 12.2 Å². The topological polar surface area (TPSA) is 67.2 Å². The molecular weight excluding hydrogens is 474 g/mol. The Morgan fingerprint density at radius 3 is 2.94 bits per heavy atom. The summed E-state index contributed by atoms with van der Waals surface area (Å²) in [6.45, 7) is 1.92. The first-order chi connectivity index (χ1) is 8.02. The molecule has 0 saturated carbocycles. The Bertz CT molecular complexity index is 533. The zero-order chi connectivity index (χ0) is 12.6. The van der Waals surface area contributed by atoms with Gasteiger partial charge in [0.2, 0.25) is 0 Å². The second-order valence-corrected chi connectivity index (χ2v) is 4.41. The average molecular weight is 487 g/mol. The Kier molecular flexibility index (Phi) is 6.13. The van der Waals surface area contributed by atoms with E-state index in [0.29, 0.717) is 6.42 Å². The molecule has 1 aromatic rings. The first-order valence-electron chi connectivity index (χ1n) is 5.37. The van der Waals surface area contributed by atoms with Crippen LogP contribution >= 0.6 is 12.2 Å². The molecule has 5 nitrogen and oxygen atoms in total. The molecule has 0 aliphatic carbocycles. The number of aromatic amines is 1. The molecule has 3 atom stereocenters. The molecule has 97 valence electrons. The minimum Gasteiger partial charge on any atom is -0.388 e. The maximum atomic E-state index is 13.3. The minimum absolute atomic E-state index is 0. The van der Waals surface area contributed by atoms with Gasteiger partial charge in [-0.1, -0.05) is 19.1 Å². The van der Waals surface area contributed by atoms with Crippen molar-refractivity contribution in [3.8, 4) is 0 Å². The van der Waals surface area contributed by atoms with Gasteiger partial charge in [0.15, 0.2) is 12.0 Å². The molecule has 1 radical (unpaired) electrons. The summed E-state index contributed by atoms with van der Waals surface area (Å²) in [6, 6.07) is 0. The molecule has 2 N–H and O–H groups in total. The maximum absolute atomic E-state index is 13.3. The first kappa shape index (κ1) is 16.4. The van der Waals surface area contributed by atoms with Crippen LogP contribution in [0.1, 0.15) is 26.0 Å². The molecule has 18 heavy (non-hydrogen) atoms. The van der Waals surface area contributed by atoms with Crippen LogP contribution in [0.3, 0.4) is 0 Å². The predicted molar refractivity (Wildman–Crippen MR) is 60.7 cm³/mol. The first-order valence-corrected chi connectivity index (χ1v) is 5.78. The third-order valence-electron chi connectivity index (χ3n) is 2.82. The summed E-state index contributed by atoms with van der Waals surface area (Å²) >= 11 is 4.60. The molecular formula is C10H13AcFN2O3S. The number of aliphatic hydroxyl groups is 1. The van der Waals surface area contributed by atoms with Crippen LogP contribution in [0.15, 0.2) is 11.0 Å². The van der Waals surface area contributed by atoms with Crippen LogP contribution in [0.4, 0.5) is 4.39 Å². The van der Waals surface area contributed by atoms with E-state index in [1.807, 2.05) is 6.92 Å². The maximum Gasteiger partial charge on any atom is 0.328 e. The van der Waals surface area contributed by atoms with Crippen LogP contribution in [0, 0.1) is 54.5 Å². The number of halogens is 1. The number of hydrogen-bond acceptors (Lipinski definition) is 4. The monoisotopic (exact) mass is 487 g/mol. The molecule has 0 spiro atoms. The number of rotatable bonds is 2. The third-order valence-corrected chi connectivity index (χ3v) is 3.12. The summed E-state index contributed by atoms with van der Waals surface area (Å²) in [5.74, 6) is -0.713. The fraction of sp³-hybridized carbons (Fsp3) is 0.600. The number of aromatic nitrogens is 2. The number of ether oxygens (including phenoxy) is 1. The van der Waals surface area contributed by atoms with Gasteiger partial charge in [-0.05, 0) is 6.42 Å². The van der Waals surface area contributed by atoms with Gasteiger partial charge >= 0.3 is 5.69 Å². The molecule has 8 heteroatoms. The van der Waals surface area contributed by atoms with Gasteiger partial charge in [0.05, 0.1) is 12.3 Å². The molecule has 1 aliphatic heterocycles. The number of nitrogens with one attached hydrogen (secondary N) is 1. The normalized spacial score (nSPS) is 26.9. The fourth-order valence-electron chi connectivity index (χ4n) is 1.89. The molecule has 2 heterocycles. The van der Waals surface area contributed by atoms with Gasteiger partial charge in [-0.2, -0.15) is 0 Å². The molecule has 1 aliphatic rings. The molecule has 2 rings (SSSR count). The van der Waals surface area contributed by atoms with Gasteiger partial charge < -0.3 is 9.84 Å². The minimum atomic E-state index is -0.853. The standard InChI is InChI=1S/C10H13FN2O3S.Ac/c1-2-5-3-7(14)9(16-5)13-4-6(11)8(17)12-10(13)15;/h4-5,7,9,14H,2-3H2,1H3,(H,12,15,17);/t5-,7?,9-;/m0./s1. The summed E-state index contributed by atoms with van der Waals surface area (Å²) in [5.41, 5.74) is -0.586. The quantitative estimate of drug-likeness (QED) is 0.614. The Morgan fingerprint density at radius 1 is 1.72 bits per heavy atom. The smallest absolute Gasteiger partial charge is 0.328 e. The Labute approximate surface area is 144 Å². The zero-order valence-electron chi connectivity index (χ0n) is 9.80. The van der Waals surface area contributed by atoms with Crippen LogP contribution in [0.25, 0.3) is 0 Å². The zero-order valence-corrected chi connectivity index (χ0v) is 15.4. The largest absolute Gasteiger partial charge is 0.388 e. The van der Waals surface area contributed by atoms with Crippen molar-refractivity contribution < 1.29 is 58.3 Å². The van der Waals surface area contributed by atoms with Crippen molar-refractivity contribution in [2.24, 2.45) is 0 Å². The van der Waals surface area contributed by atoms with Crippen LogP contribution in [-0.2, 0) is 4.74 Å². The summed E-state index contributed by atoms with van der Waals surface area (Å²) in [6.07, 6.45) is 0.342. The summed E-state index contributed by atoms with van der Waals surface area (Å²) in [7, 11) is 0. The Balaban J connectivity index is 0.00000162. The summed E-state index contributed by atoms with van der Waals surface area (Å²) < 4.78 is 19.5. The SMILES string of the molecule is CC[C@H]1CC(O)[C@@H](n2cc(F)c(=S)[nH]c2=O)O1.[Ac].